The molecule has 104 valence electrons. The van der Waals surface area contributed by atoms with Crippen molar-refractivity contribution in [2.45, 2.75) is 19.6 Å². The Morgan fingerprint density at radius 2 is 1.80 bits per heavy atom. The van der Waals surface area contributed by atoms with Crippen LogP contribution >= 0.6 is 0 Å². The molecule has 2 aromatic carbocycles. The fourth-order valence-electron chi connectivity index (χ4n) is 1.63. The number of nitrogens with one attached hydrogen (secondary N) is 1. The van der Waals surface area contributed by atoms with Gasteiger partial charge in [-0.1, -0.05) is 30.3 Å². The number of ether oxygens (including phenoxy) is 1. The second kappa shape index (κ2) is 6.73. The lowest BCUT2D eigenvalue weighted by molar-refractivity contribution is -0.117. The number of rotatable bonds is 5. The molecule has 0 aliphatic carbocycles. The van der Waals surface area contributed by atoms with E-state index >= 15 is 0 Å². The van der Waals surface area contributed by atoms with E-state index in [1.807, 2.05) is 42.5 Å². The van der Waals surface area contributed by atoms with Crippen molar-refractivity contribution < 1.29 is 9.53 Å². The lowest BCUT2D eigenvalue weighted by atomic mass is 10.2. The summed E-state index contributed by atoms with van der Waals surface area (Å²) in [7, 11) is 0. The van der Waals surface area contributed by atoms with Gasteiger partial charge in [0.1, 0.15) is 12.4 Å². The highest BCUT2D eigenvalue weighted by Gasteiger charge is 2.07. The Hall–Kier alpha value is -2.33. The molecule has 0 aromatic heterocycles. The summed E-state index contributed by atoms with van der Waals surface area (Å²) in [4.78, 5) is 11.4. The Balaban J connectivity index is 1.90. The average Bonchev–Trinajstić information content (AvgIpc) is 2.47. The molecule has 0 radical (unpaired) electrons. The first kappa shape index (κ1) is 14.1. The third-order valence-electron chi connectivity index (χ3n) is 2.78. The maximum atomic E-state index is 11.4. The van der Waals surface area contributed by atoms with Crippen LogP contribution in [0.2, 0.25) is 0 Å². The Bertz CT molecular complexity index is 550. The van der Waals surface area contributed by atoms with Crippen molar-refractivity contribution in [2.24, 2.45) is 5.73 Å². The van der Waals surface area contributed by atoms with Gasteiger partial charge < -0.3 is 15.8 Å². The van der Waals surface area contributed by atoms with Crippen LogP contribution in [0.5, 0.6) is 5.75 Å². The summed E-state index contributed by atoms with van der Waals surface area (Å²) in [5.41, 5.74) is 7.31. The third kappa shape index (κ3) is 4.10. The Morgan fingerprint density at radius 3 is 2.40 bits per heavy atom. The van der Waals surface area contributed by atoms with Crippen LogP contribution in [0.4, 0.5) is 5.69 Å². The molecule has 3 N–H and O–H groups in total. The predicted octanol–water partition coefficient (Wildman–Crippen LogP) is 2.55. The van der Waals surface area contributed by atoms with Crippen molar-refractivity contribution in [1.82, 2.24) is 0 Å². The quantitative estimate of drug-likeness (QED) is 0.877. The SMILES string of the molecule is C[C@H](N)C(=O)Nc1ccc(OCc2ccccc2)cc1. The van der Waals surface area contributed by atoms with Crippen molar-refractivity contribution in [2.75, 3.05) is 5.32 Å². The molecule has 4 heteroatoms. The number of amides is 1. The second-order valence-electron chi connectivity index (χ2n) is 4.58. The van der Waals surface area contributed by atoms with Gasteiger partial charge in [0.25, 0.3) is 0 Å². The van der Waals surface area contributed by atoms with Gasteiger partial charge in [-0.3, -0.25) is 4.79 Å². The van der Waals surface area contributed by atoms with E-state index in [1.165, 1.54) is 0 Å². The highest BCUT2D eigenvalue weighted by Crippen LogP contribution is 2.17. The molecule has 2 aromatic rings. The first-order chi connectivity index (χ1) is 9.65. The molecule has 2 rings (SSSR count). The molecule has 0 bridgehead atoms. The van der Waals surface area contributed by atoms with Gasteiger partial charge in [-0.05, 0) is 36.8 Å². The summed E-state index contributed by atoms with van der Waals surface area (Å²) in [5.74, 6) is 0.551. The molecule has 0 unspecified atom stereocenters. The normalized spacial score (nSPS) is 11.7. The Morgan fingerprint density at radius 1 is 1.15 bits per heavy atom. The summed E-state index contributed by atoms with van der Waals surface area (Å²) in [6.45, 7) is 2.17. The molecule has 20 heavy (non-hydrogen) atoms. The first-order valence-corrected chi connectivity index (χ1v) is 6.48. The summed E-state index contributed by atoms with van der Waals surface area (Å²) < 4.78 is 5.66. The van der Waals surface area contributed by atoms with Crippen molar-refractivity contribution in [3.05, 3.63) is 60.2 Å². The molecule has 0 aliphatic heterocycles. The highest BCUT2D eigenvalue weighted by molar-refractivity contribution is 5.94. The molecule has 0 saturated heterocycles. The summed E-state index contributed by atoms with van der Waals surface area (Å²) in [6.07, 6.45) is 0. The van der Waals surface area contributed by atoms with Crippen LogP contribution < -0.4 is 15.8 Å². The third-order valence-corrected chi connectivity index (χ3v) is 2.78. The van der Waals surface area contributed by atoms with Gasteiger partial charge in [0.2, 0.25) is 5.91 Å². The standard InChI is InChI=1S/C16H18N2O2/c1-12(17)16(19)18-14-7-9-15(10-8-14)20-11-13-5-3-2-4-6-13/h2-10,12H,11,17H2,1H3,(H,18,19)/t12-/m0/s1. The van der Waals surface area contributed by atoms with Crippen LogP contribution in [0.3, 0.4) is 0 Å². The van der Waals surface area contributed by atoms with E-state index in [-0.39, 0.29) is 5.91 Å². The zero-order valence-electron chi connectivity index (χ0n) is 11.4. The van der Waals surface area contributed by atoms with Gasteiger partial charge >= 0.3 is 0 Å². The zero-order chi connectivity index (χ0) is 14.4. The maximum absolute atomic E-state index is 11.4. The number of hydrogen-bond donors (Lipinski definition) is 2. The van der Waals surface area contributed by atoms with Crippen LogP contribution in [-0.2, 0) is 11.4 Å². The minimum Gasteiger partial charge on any atom is -0.489 e. The summed E-state index contributed by atoms with van der Waals surface area (Å²) >= 11 is 0. The minimum atomic E-state index is -0.524. The maximum Gasteiger partial charge on any atom is 0.240 e. The predicted molar refractivity (Wildman–Crippen MR) is 79.5 cm³/mol. The van der Waals surface area contributed by atoms with Gasteiger partial charge in [-0.15, -0.1) is 0 Å². The van der Waals surface area contributed by atoms with Gasteiger partial charge in [-0.2, -0.15) is 0 Å². The fourth-order valence-corrected chi connectivity index (χ4v) is 1.63. The molecule has 1 atom stereocenters. The van der Waals surface area contributed by atoms with Crippen LogP contribution in [0.15, 0.2) is 54.6 Å². The minimum absolute atomic E-state index is 0.206. The number of nitrogens with two attached hydrogens (primary N) is 1. The molecule has 0 saturated carbocycles. The van der Waals surface area contributed by atoms with E-state index in [9.17, 15) is 4.79 Å². The van der Waals surface area contributed by atoms with Crippen LogP contribution in [0.1, 0.15) is 12.5 Å². The number of carbonyl (C=O) groups is 1. The van der Waals surface area contributed by atoms with Gasteiger partial charge in [-0.25, -0.2) is 0 Å². The van der Waals surface area contributed by atoms with Crippen LogP contribution in [0.25, 0.3) is 0 Å². The monoisotopic (exact) mass is 270 g/mol. The zero-order valence-corrected chi connectivity index (χ0v) is 11.4. The van der Waals surface area contributed by atoms with E-state index in [2.05, 4.69) is 5.32 Å². The lowest BCUT2D eigenvalue weighted by Gasteiger charge is -2.09. The lowest BCUT2D eigenvalue weighted by Crippen LogP contribution is -2.32. The molecule has 0 aliphatic rings. The van der Waals surface area contributed by atoms with E-state index < -0.39 is 6.04 Å². The van der Waals surface area contributed by atoms with Gasteiger partial charge in [0.05, 0.1) is 6.04 Å². The van der Waals surface area contributed by atoms with Crippen LogP contribution in [0, 0.1) is 0 Å². The fraction of sp³-hybridized carbons (Fsp3) is 0.188. The second-order valence-corrected chi connectivity index (χ2v) is 4.58. The molecule has 1 amide bonds. The largest absolute Gasteiger partial charge is 0.489 e. The smallest absolute Gasteiger partial charge is 0.240 e. The Labute approximate surface area is 118 Å². The number of benzene rings is 2. The van der Waals surface area contributed by atoms with Crippen LogP contribution in [-0.4, -0.2) is 11.9 Å². The molecule has 0 spiro atoms. The van der Waals surface area contributed by atoms with Crippen molar-refractivity contribution >= 4 is 11.6 Å². The molecular formula is C16H18N2O2. The average molecular weight is 270 g/mol. The van der Waals surface area contributed by atoms with Gasteiger partial charge in [0, 0.05) is 5.69 Å². The van der Waals surface area contributed by atoms with Crippen molar-refractivity contribution in [1.29, 1.82) is 0 Å². The molecule has 0 heterocycles. The first-order valence-electron chi connectivity index (χ1n) is 6.48. The highest BCUT2D eigenvalue weighted by atomic mass is 16.5. The van der Waals surface area contributed by atoms with E-state index in [0.717, 1.165) is 11.3 Å². The van der Waals surface area contributed by atoms with Gasteiger partial charge in [0.15, 0.2) is 0 Å². The van der Waals surface area contributed by atoms with E-state index in [1.54, 1.807) is 19.1 Å². The van der Waals surface area contributed by atoms with E-state index in [4.69, 9.17) is 10.5 Å². The number of anilines is 1. The van der Waals surface area contributed by atoms with Crippen molar-refractivity contribution in [3.63, 3.8) is 0 Å². The van der Waals surface area contributed by atoms with E-state index in [0.29, 0.717) is 12.3 Å². The molecular weight excluding hydrogens is 252 g/mol. The number of carbonyl (C=O) groups excluding carboxylic acids is 1. The molecule has 4 nitrogen and oxygen atoms in total. The Kier molecular flexibility index (Phi) is 4.74. The summed E-state index contributed by atoms with van der Waals surface area (Å²) in [5, 5.41) is 2.72. The summed E-state index contributed by atoms with van der Waals surface area (Å²) in [6, 6.07) is 16.6. The molecule has 0 fully saturated rings. The number of hydrogen-bond acceptors (Lipinski definition) is 3. The topological polar surface area (TPSA) is 64.4 Å². The van der Waals surface area contributed by atoms with Crippen molar-refractivity contribution in [3.8, 4) is 5.75 Å².